The number of halogens is 4. The molecule has 5 rings (SSSR count). The highest BCUT2D eigenvalue weighted by atomic mass is 19.4. The van der Waals surface area contributed by atoms with Gasteiger partial charge in [0.15, 0.2) is 0 Å². The van der Waals surface area contributed by atoms with Crippen LogP contribution in [-0.2, 0) is 15.6 Å². The number of aromatic nitrogens is 6. The van der Waals surface area contributed by atoms with E-state index in [1.54, 1.807) is 22.9 Å². The number of carbonyl (C=O) groups excluding carboxylic acids is 1. The van der Waals surface area contributed by atoms with Crippen LogP contribution in [0.5, 0.6) is 5.75 Å². The predicted molar refractivity (Wildman–Crippen MR) is 128 cm³/mol. The monoisotopic (exact) mass is 529 g/mol. The molecule has 13 heteroatoms. The van der Waals surface area contributed by atoms with E-state index in [-0.39, 0.29) is 16.8 Å². The summed E-state index contributed by atoms with van der Waals surface area (Å²) in [6.45, 7) is 6.14. The first-order chi connectivity index (χ1) is 17.9. The molecule has 0 aliphatic heterocycles. The first-order valence-electron chi connectivity index (χ1n) is 11.7. The zero-order valence-electron chi connectivity index (χ0n) is 20.6. The molecule has 1 aliphatic rings. The molecule has 1 amide bonds. The van der Waals surface area contributed by atoms with Gasteiger partial charge in [-0.25, -0.2) is 9.07 Å². The number of benzene rings is 2. The van der Waals surface area contributed by atoms with E-state index in [4.69, 9.17) is 0 Å². The van der Waals surface area contributed by atoms with Crippen molar-refractivity contribution in [2.45, 2.75) is 50.8 Å². The topological polar surface area (TPSA) is 111 Å². The average molecular weight is 529 g/mol. The molecule has 9 nitrogen and oxygen atoms in total. The molecular formula is C25H23F4N7O2. The normalized spacial score (nSPS) is 14.8. The molecule has 1 saturated carbocycles. The fraction of sp³-hybridized carbons (Fsp3) is 0.320. The zero-order chi connectivity index (χ0) is 27.3. The lowest BCUT2D eigenvalue weighted by atomic mass is 9.93. The van der Waals surface area contributed by atoms with Crippen molar-refractivity contribution < 1.29 is 27.1 Å². The van der Waals surface area contributed by atoms with Crippen molar-refractivity contribution >= 4 is 11.6 Å². The highest BCUT2D eigenvalue weighted by Crippen LogP contribution is 2.50. The van der Waals surface area contributed by atoms with Crippen LogP contribution < -0.4 is 10.1 Å². The molecule has 2 N–H and O–H groups in total. The molecule has 0 radical (unpaired) electrons. The second-order valence-corrected chi connectivity index (χ2v) is 10.1. The Balaban J connectivity index is 1.43. The second kappa shape index (κ2) is 8.92. The van der Waals surface area contributed by atoms with Gasteiger partial charge in [-0.15, -0.1) is 23.4 Å². The summed E-state index contributed by atoms with van der Waals surface area (Å²) < 4.78 is 57.7. The van der Waals surface area contributed by atoms with E-state index in [0.717, 1.165) is 17.8 Å². The van der Waals surface area contributed by atoms with Gasteiger partial charge in [0.25, 0.3) is 0 Å². The number of alkyl halides is 3. The Labute approximate surface area is 214 Å². The lowest BCUT2D eigenvalue weighted by Crippen LogP contribution is -2.29. The van der Waals surface area contributed by atoms with E-state index in [2.05, 4.69) is 35.8 Å². The number of H-pyrrole nitrogens is 1. The number of anilines is 1. The zero-order valence-corrected chi connectivity index (χ0v) is 20.6. The molecule has 2 heterocycles. The number of rotatable bonds is 6. The average Bonchev–Trinajstić information content (AvgIpc) is 3.21. The van der Waals surface area contributed by atoms with Crippen LogP contribution in [0.3, 0.4) is 0 Å². The Hall–Kier alpha value is -4.29. The van der Waals surface area contributed by atoms with Crippen LogP contribution in [0.1, 0.15) is 44.9 Å². The summed E-state index contributed by atoms with van der Waals surface area (Å²) in [6.07, 6.45) is -2.46. The number of carbonyl (C=O) groups is 1. The maximum Gasteiger partial charge on any atom is 0.573 e. The number of hydrogen-bond acceptors (Lipinski definition) is 6. The maximum absolute atomic E-state index is 14.8. The lowest BCUT2D eigenvalue weighted by molar-refractivity contribution is -0.274. The van der Waals surface area contributed by atoms with Gasteiger partial charge in [-0.05, 0) is 48.4 Å². The van der Waals surface area contributed by atoms with Crippen molar-refractivity contribution in [3.63, 3.8) is 0 Å². The van der Waals surface area contributed by atoms with Crippen LogP contribution >= 0.6 is 0 Å². The van der Waals surface area contributed by atoms with Crippen molar-refractivity contribution in [3.8, 4) is 22.8 Å². The summed E-state index contributed by atoms with van der Waals surface area (Å²) in [5.74, 6) is -1.85. The van der Waals surface area contributed by atoms with Gasteiger partial charge in [-0.1, -0.05) is 26.8 Å². The number of ether oxygens (including phenoxy) is 1. The van der Waals surface area contributed by atoms with E-state index in [9.17, 15) is 22.4 Å². The summed E-state index contributed by atoms with van der Waals surface area (Å²) >= 11 is 0. The molecule has 198 valence electrons. The Morgan fingerprint density at radius 2 is 1.87 bits per heavy atom. The molecule has 1 fully saturated rings. The number of tetrazole rings is 1. The summed E-state index contributed by atoms with van der Waals surface area (Å²) in [6, 6.07) is 9.76. The molecule has 38 heavy (non-hydrogen) atoms. The number of nitrogens with one attached hydrogen (secondary N) is 2. The smallest absolute Gasteiger partial charge is 0.406 e. The van der Waals surface area contributed by atoms with Crippen LogP contribution in [0, 0.1) is 5.82 Å². The molecule has 0 unspecified atom stereocenters. The van der Waals surface area contributed by atoms with Gasteiger partial charge >= 0.3 is 6.36 Å². The van der Waals surface area contributed by atoms with Crippen LogP contribution in [-0.4, -0.2) is 42.7 Å². The van der Waals surface area contributed by atoms with E-state index in [1.807, 2.05) is 33.0 Å². The molecule has 0 saturated heterocycles. The highest BCUT2D eigenvalue weighted by Gasteiger charge is 2.53. The van der Waals surface area contributed by atoms with Gasteiger partial charge in [0.05, 0.1) is 22.4 Å². The van der Waals surface area contributed by atoms with Crippen molar-refractivity contribution in [1.29, 1.82) is 0 Å². The van der Waals surface area contributed by atoms with Crippen molar-refractivity contribution in [2.24, 2.45) is 0 Å². The van der Waals surface area contributed by atoms with E-state index in [1.165, 1.54) is 0 Å². The van der Waals surface area contributed by atoms with E-state index < -0.39 is 29.3 Å². The van der Waals surface area contributed by atoms with Crippen LogP contribution in [0.25, 0.3) is 17.1 Å². The Kier molecular flexibility index (Phi) is 5.96. The molecule has 0 bridgehead atoms. The third-order valence-electron chi connectivity index (χ3n) is 6.32. The van der Waals surface area contributed by atoms with Gasteiger partial charge in [-0.3, -0.25) is 4.79 Å². The summed E-state index contributed by atoms with van der Waals surface area (Å²) in [4.78, 5) is 13.3. The number of aromatic amines is 1. The third kappa shape index (κ3) is 4.95. The molecule has 2 aromatic heterocycles. The minimum absolute atomic E-state index is 0.00536. The number of amides is 1. The second-order valence-electron chi connectivity index (χ2n) is 10.1. The fourth-order valence-corrected chi connectivity index (χ4v) is 4.20. The molecule has 0 atom stereocenters. The number of hydrogen-bond donors (Lipinski definition) is 2. The predicted octanol–water partition coefficient (Wildman–Crippen LogP) is 5.06. The van der Waals surface area contributed by atoms with E-state index in [0.29, 0.717) is 35.8 Å². The minimum Gasteiger partial charge on any atom is -0.406 e. The van der Waals surface area contributed by atoms with Gasteiger partial charge in [0.2, 0.25) is 11.7 Å². The van der Waals surface area contributed by atoms with Crippen molar-refractivity contribution in [2.75, 3.05) is 5.32 Å². The van der Waals surface area contributed by atoms with Crippen LogP contribution in [0.2, 0.25) is 0 Å². The summed E-state index contributed by atoms with van der Waals surface area (Å²) in [7, 11) is 0. The third-order valence-corrected chi connectivity index (χ3v) is 6.32. The van der Waals surface area contributed by atoms with Gasteiger partial charge in [-0.2, -0.15) is 10.3 Å². The van der Waals surface area contributed by atoms with Crippen molar-refractivity contribution in [3.05, 3.63) is 65.7 Å². The molecule has 4 aromatic rings. The SMILES string of the molecule is CC(C)(C)c1ccn(-c2ccc(NC(=O)C3(c4ccc(OC(F)(F)F)cc4F)CC3)cc2-c2nn[nH]n2)n1. The Bertz CT molecular complexity index is 1490. The van der Waals surface area contributed by atoms with Gasteiger partial charge < -0.3 is 10.1 Å². The van der Waals surface area contributed by atoms with Crippen molar-refractivity contribution in [1.82, 2.24) is 30.4 Å². The molecule has 2 aromatic carbocycles. The highest BCUT2D eigenvalue weighted by molar-refractivity contribution is 6.02. The Morgan fingerprint density at radius 3 is 2.45 bits per heavy atom. The molecule has 1 aliphatic carbocycles. The Morgan fingerprint density at radius 1 is 1.11 bits per heavy atom. The first-order valence-corrected chi connectivity index (χ1v) is 11.7. The largest absolute Gasteiger partial charge is 0.573 e. The van der Waals surface area contributed by atoms with Gasteiger partial charge in [0.1, 0.15) is 11.6 Å². The minimum atomic E-state index is -4.95. The quantitative estimate of drug-likeness (QED) is 0.338. The van der Waals surface area contributed by atoms with Crippen LogP contribution in [0.4, 0.5) is 23.2 Å². The maximum atomic E-state index is 14.8. The number of nitrogens with zero attached hydrogens (tertiary/aromatic N) is 5. The fourth-order valence-electron chi connectivity index (χ4n) is 4.20. The standard InChI is InChI=1S/C25H23F4N7O2/c1-23(2,3)20-8-11-36(33-20)19-7-4-14(12-16(19)21-31-34-35-32-21)30-22(37)24(9-10-24)17-6-5-15(13-18(17)26)38-25(27,28)29/h4-8,11-13H,9-10H2,1-3H3,(H,30,37)(H,31,32,34,35). The summed E-state index contributed by atoms with van der Waals surface area (Å²) in [5, 5.41) is 21.6. The molecular weight excluding hydrogens is 506 g/mol. The first kappa shape index (κ1) is 25.4. The van der Waals surface area contributed by atoms with Crippen LogP contribution in [0.15, 0.2) is 48.7 Å². The van der Waals surface area contributed by atoms with Gasteiger partial charge in [0, 0.05) is 28.9 Å². The summed E-state index contributed by atoms with van der Waals surface area (Å²) in [5.41, 5.74) is 1.08. The molecule has 0 spiro atoms. The van der Waals surface area contributed by atoms with E-state index >= 15 is 0 Å². The lowest BCUT2D eigenvalue weighted by Gasteiger charge is -2.18.